The van der Waals surface area contributed by atoms with Gasteiger partial charge in [0.15, 0.2) is 0 Å². The average Bonchev–Trinajstić information content (AvgIpc) is 3.13. The molecular formula is C16H21N5O2. The Balaban J connectivity index is 1.65. The molecule has 2 amide bonds. The van der Waals surface area contributed by atoms with Gasteiger partial charge in [-0.2, -0.15) is 5.10 Å². The average molecular weight is 315 g/mol. The van der Waals surface area contributed by atoms with Crippen LogP contribution in [0.25, 0.3) is 0 Å². The number of aromatic nitrogens is 3. The summed E-state index contributed by atoms with van der Waals surface area (Å²) in [5, 5.41) is 7.25. The number of urea groups is 1. The molecular weight excluding hydrogens is 294 g/mol. The van der Waals surface area contributed by atoms with Crippen molar-refractivity contribution in [3.63, 3.8) is 0 Å². The Morgan fingerprint density at radius 2 is 2.04 bits per heavy atom. The van der Waals surface area contributed by atoms with E-state index in [2.05, 4.69) is 15.4 Å². The van der Waals surface area contributed by atoms with E-state index in [1.165, 1.54) is 6.33 Å². The molecule has 1 aromatic heterocycles. The zero-order chi connectivity index (χ0) is 15.9. The van der Waals surface area contributed by atoms with Gasteiger partial charge in [-0.25, -0.2) is 9.78 Å². The van der Waals surface area contributed by atoms with Crippen molar-refractivity contribution in [1.82, 2.24) is 25.0 Å². The molecule has 1 aromatic carbocycles. The molecule has 0 saturated carbocycles. The van der Waals surface area contributed by atoms with Crippen molar-refractivity contribution in [3.8, 4) is 0 Å². The number of aryl methyl sites for hydroxylation is 1. The van der Waals surface area contributed by atoms with Crippen molar-refractivity contribution in [3.05, 3.63) is 48.5 Å². The quantitative estimate of drug-likeness (QED) is 0.906. The summed E-state index contributed by atoms with van der Waals surface area (Å²) in [5.41, 5.74) is 1.09. The summed E-state index contributed by atoms with van der Waals surface area (Å²) < 4.78 is 7.07. The van der Waals surface area contributed by atoms with Gasteiger partial charge < -0.3 is 15.0 Å². The Morgan fingerprint density at radius 1 is 1.26 bits per heavy atom. The second-order valence-electron chi connectivity index (χ2n) is 5.46. The highest BCUT2D eigenvalue weighted by Gasteiger charge is 2.21. The maximum Gasteiger partial charge on any atom is 0.318 e. The monoisotopic (exact) mass is 315 g/mol. The van der Waals surface area contributed by atoms with Crippen LogP contribution >= 0.6 is 0 Å². The van der Waals surface area contributed by atoms with E-state index in [1.54, 1.807) is 15.9 Å². The van der Waals surface area contributed by atoms with Crippen molar-refractivity contribution < 1.29 is 9.53 Å². The molecule has 7 nitrogen and oxygen atoms in total. The molecule has 0 spiro atoms. The number of ether oxygens (including phenoxy) is 1. The largest absolute Gasteiger partial charge is 0.378 e. The molecule has 1 aliphatic heterocycles. The van der Waals surface area contributed by atoms with Gasteiger partial charge in [-0.1, -0.05) is 30.3 Å². The third-order valence-electron chi connectivity index (χ3n) is 3.91. The molecule has 1 atom stereocenters. The van der Waals surface area contributed by atoms with E-state index in [-0.39, 0.29) is 12.1 Å². The lowest BCUT2D eigenvalue weighted by Crippen LogP contribution is -2.47. The number of nitrogens with one attached hydrogen (secondary N) is 1. The number of hydrogen-bond donors (Lipinski definition) is 1. The predicted molar refractivity (Wildman–Crippen MR) is 84.7 cm³/mol. The van der Waals surface area contributed by atoms with Gasteiger partial charge in [0.05, 0.1) is 19.3 Å². The van der Waals surface area contributed by atoms with Gasteiger partial charge in [0, 0.05) is 19.6 Å². The van der Waals surface area contributed by atoms with E-state index in [0.717, 1.165) is 12.0 Å². The van der Waals surface area contributed by atoms with Crippen LogP contribution in [0.15, 0.2) is 43.0 Å². The lowest BCUT2D eigenvalue weighted by molar-refractivity contribution is 0.0523. The molecule has 0 unspecified atom stereocenters. The van der Waals surface area contributed by atoms with E-state index in [9.17, 15) is 4.79 Å². The summed E-state index contributed by atoms with van der Waals surface area (Å²) in [7, 11) is 0. The molecule has 0 bridgehead atoms. The zero-order valence-electron chi connectivity index (χ0n) is 13.0. The summed E-state index contributed by atoms with van der Waals surface area (Å²) in [6.45, 7) is 3.17. The number of morpholine rings is 1. The van der Waals surface area contributed by atoms with Gasteiger partial charge >= 0.3 is 6.03 Å². The van der Waals surface area contributed by atoms with Gasteiger partial charge in [0.2, 0.25) is 0 Å². The second kappa shape index (κ2) is 7.73. The number of carbonyl (C=O) groups is 1. The van der Waals surface area contributed by atoms with Crippen LogP contribution in [-0.4, -0.2) is 52.0 Å². The van der Waals surface area contributed by atoms with Crippen molar-refractivity contribution in [2.45, 2.75) is 19.0 Å². The van der Waals surface area contributed by atoms with Crippen LogP contribution in [0.4, 0.5) is 4.79 Å². The molecule has 23 heavy (non-hydrogen) atoms. The summed E-state index contributed by atoms with van der Waals surface area (Å²) in [5.74, 6) is 0. The molecule has 0 aliphatic carbocycles. The molecule has 7 heteroatoms. The number of hydrogen-bond acceptors (Lipinski definition) is 4. The van der Waals surface area contributed by atoms with Gasteiger partial charge in [-0.3, -0.25) is 4.68 Å². The fourth-order valence-electron chi connectivity index (χ4n) is 2.62. The van der Waals surface area contributed by atoms with Crippen LogP contribution in [0.3, 0.4) is 0 Å². The maximum atomic E-state index is 12.5. The highest BCUT2D eigenvalue weighted by Crippen LogP contribution is 2.18. The highest BCUT2D eigenvalue weighted by molar-refractivity contribution is 5.74. The summed E-state index contributed by atoms with van der Waals surface area (Å²) >= 11 is 0. The van der Waals surface area contributed by atoms with Gasteiger partial charge in [0.1, 0.15) is 12.7 Å². The fourth-order valence-corrected chi connectivity index (χ4v) is 2.62. The topological polar surface area (TPSA) is 72.3 Å². The van der Waals surface area contributed by atoms with E-state index in [0.29, 0.717) is 32.8 Å². The Kier molecular flexibility index (Phi) is 5.21. The molecule has 2 heterocycles. The molecule has 3 rings (SSSR count). The molecule has 1 saturated heterocycles. The van der Waals surface area contributed by atoms with E-state index in [1.807, 2.05) is 30.3 Å². The Labute approximate surface area is 135 Å². The van der Waals surface area contributed by atoms with Crippen molar-refractivity contribution in [2.24, 2.45) is 0 Å². The molecule has 1 aliphatic rings. The highest BCUT2D eigenvalue weighted by atomic mass is 16.5. The Bertz CT molecular complexity index is 596. The molecule has 1 N–H and O–H groups in total. The third kappa shape index (κ3) is 4.29. The first-order valence-electron chi connectivity index (χ1n) is 7.83. The molecule has 0 radical (unpaired) electrons. The number of rotatable bonds is 5. The first kappa shape index (κ1) is 15.5. The lowest BCUT2D eigenvalue weighted by Gasteiger charge is -2.29. The van der Waals surface area contributed by atoms with Crippen LogP contribution < -0.4 is 5.32 Å². The van der Waals surface area contributed by atoms with Gasteiger partial charge in [0.25, 0.3) is 0 Å². The number of benzene rings is 1. The van der Waals surface area contributed by atoms with E-state index in [4.69, 9.17) is 4.74 Å². The molecule has 2 aromatic rings. The smallest absolute Gasteiger partial charge is 0.318 e. The van der Waals surface area contributed by atoms with Crippen molar-refractivity contribution in [2.75, 3.05) is 26.3 Å². The van der Waals surface area contributed by atoms with Gasteiger partial charge in [-0.05, 0) is 12.0 Å². The fraction of sp³-hybridized carbons (Fsp3) is 0.438. The SMILES string of the molecule is O=C(N[C@@H](CCn1cncn1)c1ccccc1)N1CCOCC1. The number of nitrogens with zero attached hydrogens (tertiary/aromatic N) is 4. The van der Waals surface area contributed by atoms with Crippen LogP contribution in [0.1, 0.15) is 18.0 Å². The van der Waals surface area contributed by atoms with E-state index >= 15 is 0 Å². The zero-order valence-corrected chi connectivity index (χ0v) is 13.0. The molecule has 1 fully saturated rings. The minimum Gasteiger partial charge on any atom is -0.378 e. The Morgan fingerprint density at radius 3 is 2.74 bits per heavy atom. The first-order chi connectivity index (χ1) is 11.3. The van der Waals surface area contributed by atoms with Gasteiger partial charge in [-0.15, -0.1) is 0 Å². The van der Waals surface area contributed by atoms with E-state index < -0.39 is 0 Å². The number of carbonyl (C=O) groups excluding carboxylic acids is 1. The standard InChI is InChI=1S/C16H21N5O2/c22-16(20-8-10-23-11-9-20)19-15(14-4-2-1-3-5-14)6-7-21-13-17-12-18-21/h1-5,12-13,15H,6-11H2,(H,19,22)/t15-/m0/s1. The predicted octanol–water partition coefficient (Wildman–Crippen LogP) is 1.45. The first-order valence-corrected chi connectivity index (χ1v) is 7.83. The molecule has 122 valence electrons. The Hall–Kier alpha value is -2.41. The van der Waals surface area contributed by atoms with Crippen LogP contribution in [0.2, 0.25) is 0 Å². The summed E-state index contributed by atoms with van der Waals surface area (Å²) in [4.78, 5) is 18.2. The minimum atomic E-state index is -0.0595. The van der Waals surface area contributed by atoms with Crippen molar-refractivity contribution >= 4 is 6.03 Å². The lowest BCUT2D eigenvalue weighted by atomic mass is 10.0. The minimum absolute atomic E-state index is 0.0410. The van der Waals surface area contributed by atoms with Crippen LogP contribution in [0.5, 0.6) is 0 Å². The number of amides is 2. The van der Waals surface area contributed by atoms with Crippen LogP contribution in [0, 0.1) is 0 Å². The maximum absolute atomic E-state index is 12.5. The third-order valence-corrected chi connectivity index (χ3v) is 3.91. The summed E-state index contributed by atoms with van der Waals surface area (Å²) in [6.07, 6.45) is 3.96. The normalized spacial score (nSPS) is 16.1. The van der Waals surface area contributed by atoms with Crippen molar-refractivity contribution in [1.29, 1.82) is 0 Å². The second-order valence-corrected chi connectivity index (χ2v) is 5.46. The van der Waals surface area contributed by atoms with Crippen LogP contribution in [-0.2, 0) is 11.3 Å². The summed E-state index contributed by atoms with van der Waals surface area (Å²) in [6, 6.07) is 9.91.